The quantitative estimate of drug-likeness (QED) is 0.679. The van der Waals surface area contributed by atoms with Crippen LogP contribution in [0, 0.1) is 0 Å². The van der Waals surface area contributed by atoms with Gasteiger partial charge in [0.05, 0.1) is 0 Å². The van der Waals surface area contributed by atoms with E-state index < -0.39 is 0 Å². The first-order valence-corrected chi connectivity index (χ1v) is 8.55. The van der Waals surface area contributed by atoms with Gasteiger partial charge in [-0.3, -0.25) is 0 Å². The molecule has 0 fully saturated rings. The van der Waals surface area contributed by atoms with Crippen LogP contribution in [0.3, 0.4) is 0 Å². The Hall–Kier alpha value is -2.35. The van der Waals surface area contributed by atoms with Gasteiger partial charge in [-0.2, -0.15) is 0 Å². The van der Waals surface area contributed by atoms with Gasteiger partial charge in [0, 0.05) is 19.2 Å². The molecule has 0 unspecified atom stereocenters. The molecule has 0 bridgehead atoms. The van der Waals surface area contributed by atoms with Crippen LogP contribution < -0.4 is 5.32 Å². The molecular formula is C22H29NO. The van der Waals surface area contributed by atoms with Crippen molar-refractivity contribution in [2.75, 3.05) is 12.4 Å². The molecule has 0 heterocycles. The predicted molar refractivity (Wildman–Crippen MR) is 106 cm³/mol. The molecule has 128 valence electrons. The van der Waals surface area contributed by atoms with Crippen molar-refractivity contribution in [3.8, 4) is 0 Å². The van der Waals surface area contributed by atoms with Crippen LogP contribution in [0.2, 0.25) is 0 Å². The Labute approximate surface area is 146 Å². The van der Waals surface area contributed by atoms with Crippen molar-refractivity contribution in [1.82, 2.24) is 0 Å². The minimum Gasteiger partial charge on any atom is -0.388 e. The Morgan fingerprint density at radius 2 is 1.71 bits per heavy atom. The molecule has 24 heavy (non-hydrogen) atoms. The lowest BCUT2D eigenvalue weighted by Crippen LogP contribution is -1.88. The zero-order valence-corrected chi connectivity index (χ0v) is 15.1. The van der Waals surface area contributed by atoms with Crippen LogP contribution in [-0.2, 0) is 17.6 Å². The summed E-state index contributed by atoms with van der Waals surface area (Å²) in [7, 11) is 1.91. The Kier molecular flexibility index (Phi) is 9.21. The van der Waals surface area contributed by atoms with Crippen molar-refractivity contribution in [2.45, 2.75) is 39.5 Å². The maximum atomic E-state index is 10.1. The molecule has 0 aromatic heterocycles. The SMILES string of the molecule is C=C(C)c1cccc(NC)c1.CCCc1ccc(CCC=O)cc1. The molecule has 0 aliphatic heterocycles. The van der Waals surface area contributed by atoms with Gasteiger partial charge >= 0.3 is 0 Å². The molecule has 0 atom stereocenters. The number of aldehydes is 1. The summed E-state index contributed by atoms with van der Waals surface area (Å²) in [5, 5.41) is 3.08. The van der Waals surface area contributed by atoms with Gasteiger partial charge in [0.2, 0.25) is 0 Å². The molecule has 0 saturated carbocycles. The van der Waals surface area contributed by atoms with Crippen LogP contribution in [0.15, 0.2) is 55.1 Å². The first-order valence-electron chi connectivity index (χ1n) is 8.55. The molecule has 1 N–H and O–H groups in total. The fraction of sp³-hybridized carbons (Fsp3) is 0.318. The number of hydrogen-bond acceptors (Lipinski definition) is 2. The van der Waals surface area contributed by atoms with Crippen LogP contribution in [-0.4, -0.2) is 13.3 Å². The second-order valence-electron chi connectivity index (χ2n) is 5.88. The summed E-state index contributed by atoms with van der Waals surface area (Å²) in [6, 6.07) is 16.8. The lowest BCUT2D eigenvalue weighted by atomic mass is 10.1. The van der Waals surface area contributed by atoms with E-state index in [4.69, 9.17) is 0 Å². The van der Waals surface area contributed by atoms with Gasteiger partial charge in [-0.1, -0.05) is 61.9 Å². The van der Waals surface area contributed by atoms with E-state index in [1.807, 2.05) is 26.1 Å². The van der Waals surface area contributed by atoms with Gasteiger partial charge in [0.25, 0.3) is 0 Å². The van der Waals surface area contributed by atoms with E-state index in [1.54, 1.807) is 0 Å². The number of benzene rings is 2. The largest absolute Gasteiger partial charge is 0.388 e. The van der Waals surface area contributed by atoms with Gasteiger partial charge in [0.15, 0.2) is 0 Å². The smallest absolute Gasteiger partial charge is 0.120 e. The number of aryl methyl sites for hydroxylation is 2. The first kappa shape index (κ1) is 19.7. The first-order chi connectivity index (χ1) is 11.6. The third kappa shape index (κ3) is 7.28. The number of hydrogen-bond donors (Lipinski definition) is 1. The van der Waals surface area contributed by atoms with Crippen LogP contribution >= 0.6 is 0 Å². The highest BCUT2D eigenvalue weighted by atomic mass is 16.1. The summed E-state index contributed by atoms with van der Waals surface area (Å²) in [6.07, 6.45) is 4.81. The van der Waals surface area contributed by atoms with Crippen molar-refractivity contribution in [2.24, 2.45) is 0 Å². The molecule has 2 aromatic carbocycles. The van der Waals surface area contributed by atoms with Crippen molar-refractivity contribution >= 4 is 17.5 Å². The normalized spacial score (nSPS) is 9.62. The Bertz CT molecular complexity index is 629. The van der Waals surface area contributed by atoms with Crippen LogP contribution in [0.4, 0.5) is 5.69 Å². The molecule has 2 rings (SSSR count). The number of anilines is 1. The summed E-state index contributed by atoms with van der Waals surface area (Å²) in [5.74, 6) is 0. The van der Waals surface area contributed by atoms with Gasteiger partial charge in [-0.05, 0) is 48.6 Å². The standard InChI is InChI=1S/C12H16O.C10H13N/c1-2-4-11-6-8-12(9-7-11)5-3-10-13;1-8(2)9-5-4-6-10(7-9)11-3/h6-10H,2-5H2,1H3;4-7,11H,1H2,2-3H3. The molecule has 2 heteroatoms. The van der Waals surface area contributed by atoms with Gasteiger partial charge in [0.1, 0.15) is 6.29 Å². The second kappa shape index (κ2) is 11.2. The minimum absolute atomic E-state index is 0.632. The lowest BCUT2D eigenvalue weighted by Gasteiger charge is -2.02. The zero-order valence-electron chi connectivity index (χ0n) is 15.1. The van der Waals surface area contributed by atoms with Crippen LogP contribution in [0.1, 0.15) is 43.4 Å². The monoisotopic (exact) mass is 323 g/mol. The van der Waals surface area contributed by atoms with E-state index in [9.17, 15) is 4.79 Å². The highest BCUT2D eigenvalue weighted by molar-refractivity contribution is 5.65. The topological polar surface area (TPSA) is 29.1 Å². The number of rotatable bonds is 7. The molecule has 2 aromatic rings. The van der Waals surface area contributed by atoms with E-state index in [1.165, 1.54) is 23.1 Å². The third-order valence-corrected chi connectivity index (χ3v) is 3.76. The fourth-order valence-electron chi connectivity index (χ4n) is 2.33. The summed E-state index contributed by atoms with van der Waals surface area (Å²) < 4.78 is 0. The van der Waals surface area contributed by atoms with E-state index in [2.05, 4.69) is 55.2 Å². The molecular weight excluding hydrogens is 294 g/mol. The van der Waals surface area contributed by atoms with Crippen LogP contribution in [0.25, 0.3) is 5.57 Å². The van der Waals surface area contributed by atoms with Crippen molar-refractivity contribution in [3.63, 3.8) is 0 Å². The summed E-state index contributed by atoms with van der Waals surface area (Å²) in [6.45, 7) is 8.06. The van der Waals surface area contributed by atoms with Crippen molar-refractivity contribution in [1.29, 1.82) is 0 Å². The minimum atomic E-state index is 0.632. The summed E-state index contributed by atoms with van der Waals surface area (Å²) in [4.78, 5) is 10.1. The molecule has 0 radical (unpaired) electrons. The zero-order chi connectivity index (χ0) is 17.8. The van der Waals surface area contributed by atoms with Gasteiger partial charge in [-0.25, -0.2) is 0 Å². The fourth-order valence-corrected chi connectivity index (χ4v) is 2.33. The molecule has 0 aliphatic rings. The van der Waals surface area contributed by atoms with Gasteiger partial charge < -0.3 is 10.1 Å². The summed E-state index contributed by atoms with van der Waals surface area (Å²) >= 11 is 0. The maximum Gasteiger partial charge on any atom is 0.120 e. The number of allylic oxidation sites excluding steroid dienone is 1. The molecule has 0 spiro atoms. The van der Waals surface area contributed by atoms with Gasteiger partial charge in [-0.15, -0.1) is 0 Å². The predicted octanol–water partition coefficient (Wildman–Crippen LogP) is 5.53. The van der Waals surface area contributed by atoms with Crippen molar-refractivity contribution < 1.29 is 4.79 Å². The van der Waals surface area contributed by atoms with E-state index >= 15 is 0 Å². The summed E-state index contributed by atoms with van der Waals surface area (Å²) in [5.41, 5.74) is 6.06. The Morgan fingerprint density at radius 1 is 1.08 bits per heavy atom. The molecule has 0 aliphatic carbocycles. The molecule has 0 saturated heterocycles. The highest BCUT2D eigenvalue weighted by Crippen LogP contribution is 2.15. The van der Waals surface area contributed by atoms with Crippen LogP contribution in [0.5, 0.6) is 0 Å². The van der Waals surface area contributed by atoms with E-state index in [-0.39, 0.29) is 0 Å². The molecule has 0 amide bonds. The van der Waals surface area contributed by atoms with E-state index in [0.717, 1.165) is 30.4 Å². The number of carbonyl (C=O) groups excluding carboxylic acids is 1. The number of carbonyl (C=O) groups is 1. The maximum absolute atomic E-state index is 10.1. The second-order valence-corrected chi connectivity index (χ2v) is 5.88. The number of nitrogens with one attached hydrogen (secondary N) is 1. The Balaban J connectivity index is 0.000000243. The average molecular weight is 323 g/mol. The third-order valence-electron chi connectivity index (χ3n) is 3.76. The molecule has 2 nitrogen and oxygen atoms in total. The highest BCUT2D eigenvalue weighted by Gasteiger charge is 1.94. The van der Waals surface area contributed by atoms with E-state index in [0.29, 0.717) is 6.42 Å². The van der Waals surface area contributed by atoms with Crippen molar-refractivity contribution in [3.05, 3.63) is 71.8 Å². The average Bonchev–Trinajstić information content (AvgIpc) is 2.62. The Morgan fingerprint density at radius 3 is 2.21 bits per heavy atom. The lowest BCUT2D eigenvalue weighted by molar-refractivity contribution is -0.107.